The highest BCUT2D eigenvalue weighted by atomic mass is 19.1. The normalized spacial score (nSPS) is 27.3. The van der Waals surface area contributed by atoms with E-state index in [1.165, 1.54) is 30.3 Å². The van der Waals surface area contributed by atoms with Gasteiger partial charge in [-0.2, -0.15) is 9.97 Å². The third-order valence-electron chi connectivity index (χ3n) is 10.4. The molecule has 46 heavy (non-hydrogen) atoms. The SMILES string of the molecule is C#Cc1c(F)ccc2cc(O)cc(-c3cc4c5c(nc(OC[C@@]67CCCN6C[C@H](F)C7)nc5c3F)N3CCC[C@@](C)(O)[C@H]3CO4)c12. The van der Waals surface area contributed by atoms with E-state index in [1.54, 1.807) is 6.92 Å². The molecule has 3 aromatic carbocycles. The van der Waals surface area contributed by atoms with E-state index in [1.807, 2.05) is 4.90 Å². The van der Waals surface area contributed by atoms with Crippen molar-refractivity contribution >= 4 is 27.5 Å². The van der Waals surface area contributed by atoms with Crippen LogP contribution in [-0.4, -0.2) is 81.3 Å². The molecule has 3 fully saturated rings. The Morgan fingerprint density at radius 3 is 2.76 bits per heavy atom. The van der Waals surface area contributed by atoms with E-state index in [2.05, 4.69) is 15.8 Å². The number of aliphatic hydroxyl groups is 1. The summed E-state index contributed by atoms with van der Waals surface area (Å²) in [5.41, 5.74) is -1.60. The molecule has 0 aliphatic carbocycles. The number of aromatic hydroxyl groups is 1. The van der Waals surface area contributed by atoms with Gasteiger partial charge >= 0.3 is 6.01 Å². The van der Waals surface area contributed by atoms with E-state index in [9.17, 15) is 19.0 Å². The highest BCUT2D eigenvalue weighted by molar-refractivity contribution is 6.06. The van der Waals surface area contributed by atoms with Crippen molar-refractivity contribution in [2.24, 2.45) is 0 Å². The number of hydrogen-bond acceptors (Lipinski definition) is 8. The van der Waals surface area contributed by atoms with Crippen molar-refractivity contribution < 1.29 is 32.9 Å². The summed E-state index contributed by atoms with van der Waals surface area (Å²) in [6.07, 6.45) is 8.04. The van der Waals surface area contributed by atoms with Gasteiger partial charge in [0.2, 0.25) is 0 Å². The lowest BCUT2D eigenvalue weighted by molar-refractivity contribution is -0.00671. The lowest BCUT2D eigenvalue weighted by atomic mass is 9.86. The van der Waals surface area contributed by atoms with Gasteiger partial charge in [-0.15, -0.1) is 6.42 Å². The van der Waals surface area contributed by atoms with Crippen LogP contribution in [0.25, 0.3) is 32.8 Å². The van der Waals surface area contributed by atoms with Gasteiger partial charge in [0.1, 0.15) is 48.0 Å². The Balaban J connectivity index is 1.34. The van der Waals surface area contributed by atoms with Crippen LogP contribution in [0.5, 0.6) is 17.5 Å². The van der Waals surface area contributed by atoms with Crippen LogP contribution in [0.3, 0.4) is 0 Å². The van der Waals surface area contributed by atoms with Crippen LogP contribution in [0.4, 0.5) is 19.0 Å². The molecule has 4 aromatic rings. The molecule has 0 radical (unpaired) electrons. The minimum atomic E-state index is -1.12. The van der Waals surface area contributed by atoms with Crippen LogP contribution in [0.1, 0.15) is 44.6 Å². The molecule has 238 valence electrons. The number of halogens is 3. The lowest BCUT2D eigenvalue weighted by Gasteiger charge is -2.44. The Bertz CT molecular complexity index is 1960. The number of phenols is 1. The molecular weight excluding hydrogens is 597 g/mol. The van der Waals surface area contributed by atoms with Crippen LogP contribution >= 0.6 is 0 Å². The molecule has 4 aliphatic rings. The fourth-order valence-electron chi connectivity index (χ4n) is 8.17. The number of hydrogen-bond donors (Lipinski definition) is 2. The largest absolute Gasteiger partial charge is 0.508 e. The number of piperidine rings is 1. The molecule has 4 aliphatic heterocycles. The molecule has 11 heteroatoms. The van der Waals surface area contributed by atoms with Crippen LogP contribution in [-0.2, 0) is 0 Å². The first-order chi connectivity index (χ1) is 22.1. The Kier molecular flexibility index (Phi) is 6.57. The average Bonchev–Trinajstić information content (AvgIpc) is 3.49. The first-order valence-corrected chi connectivity index (χ1v) is 15.7. The monoisotopic (exact) mass is 630 g/mol. The van der Waals surface area contributed by atoms with Gasteiger partial charge in [0.05, 0.1) is 28.1 Å². The van der Waals surface area contributed by atoms with Gasteiger partial charge in [-0.25, -0.2) is 13.2 Å². The van der Waals surface area contributed by atoms with Crippen LogP contribution in [0.15, 0.2) is 30.3 Å². The van der Waals surface area contributed by atoms with E-state index < -0.39 is 35.0 Å². The van der Waals surface area contributed by atoms with Crippen LogP contribution < -0.4 is 14.4 Å². The van der Waals surface area contributed by atoms with Gasteiger partial charge < -0.3 is 24.6 Å². The fraction of sp³-hybridized carbons (Fsp3) is 0.429. The van der Waals surface area contributed by atoms with E-state index in [-0.39, 0.29) is 58.3 Å². The fourth-order valence-corrected chi connectivity index (χ4v) is 8.17. The van der Waals surface area contributed by atoms with Gasteiger partial charge in [0, 0.05) is 30.5 Å². The number of nitrogens with zero attached hydrogens (tertiary/aromatic N) is 4. The molecule has 0 amide bonds. The summed E-state index contributed by atoms with van der Waals surface area (Å²) in [6, 6.07) is 6.38. The van der Waals surface area contributed by atoms with Crippen molar-refractivity contribution in [3.63, 3.8) is 0 Å². The predicted octanol–water partition coefficient (Wildman–Crippen LogP) is 5.48. The standard InChI is InChI=1S/C35H33F3N4O4/c1-3-22-25(37)7-6-19-12-21(43)13-23(28(19)22)24-14-26-29-31(30(24)38)39-33(46-18-35-9-5-10-41(35)16-20(36)15-35)40-32(29)42-11-4-8-34(2,44)27(42)17-45-26/h1,6-7,12-14,20,27,43-44H,4-5,8-11,15-18H2,2H3/t20-,27-,34-,35+/m1/s1. The molecule has 0 bridgehead atoms. The quantitative estimate of drug-likeness (QED) is 0.287. The van der Waals surface area contributed by atoms with E-state index >= 15 is 4.39 Å². The zero-order valence-electron chi connectivity index (χ0n) is 25.3. The summed E-state index contributed by atoms with van der Waals surface area (Å²) in [4.78, 5) is 13.4. The Hall–Kier alpha value is -4.27. The summed E-state index contributed by atoms with van der Waals surface area (Å²) in [5, 5.41) is 23.0. The number of rotatable bonds is 4. The smallest absolute Gasteiger partial charge is 0.319 e. The number of terminal acetylenes is 1. The minimum absolute atomic E-state index is 0.00985. The van der Waals surface area contributed by atoms with Crippen molar-refractivity contribution in [3.8, 4) is 41.0 Å². The zero-order chi connectivity index (χ0) is 32.0. The Labute approximate surface area is 263 Å². The van der Waals surface area contributed by atoms with Gasteiger partial charge in [0.15, 0.2) is 5.82 Å². The molecular formula is C35H33F3N4O4. The summed E-state index contributed by atoms with van der Waals surface area (Å²) < 4.78 is 59.0. The number of anilines is 1. The van der Waals surface area contributed by atoms with Crippen molar-refractivity contribution in [2.45, 2.75) is 62.4 Å². The van der Waals surface area contributed by atoms with Gasteiger partial charge in [-0.1, -0.05) is 12.0 Å². The first-order valence-electron chi connectivity index (χ1n) is 15.7. The summed E-state index contributed by atoms with van der Waals surface area (Å²) in [7, 11) is 0. The van der Waals surface area contributed by atoms with Crippen molar-refractivity contribution in [2.75, 3.05) is 37.7 Å². The number of ether oxygens (including phenoxy) is 2. The molecule has 0 saturated carbocycles. The molecule has 0 unspecified atom stereocenters. The maximum Gasteiger partial charge on any atom is 0.319 e. The zero-order valence-corrected chi connectivity index (χ0v) is 25.3. The lowest BCUT2D eigenvalue weighted by Crippen LogP contribution is -2.58. The second-order valence-corrected chi connectivity index (χ2v) is 13.3. The van der Waals surface area contributed by atoms with Gasteiger partial charge in [-0.05, 0) is 74.4 Å². The van der Waals surface area contributed by atoms with Crippen molar-refractivity contribution in [1.82, 2.24) is 14.9 Å². The summed E-state index contributed by atoms with van der Waals surface area (Å²) in [5.74, 6) is 1.44. The number of benzene rings is 3. The van der Waals surface area contributed by atoms with E-state index in [0.717, 1.165) is 19.4 Å². The molecule has 2 N–H and O–H groups in total. The van der Waals surface area contributed by atoms with E-state index in [4.69, 9.17) is 20.9 Å². The van der Waals surface area contributed by atoms with Crippen LogP contribution in [0.2, 0.25) is 0 Å². The summed E-state index contributed by atoms with van der Waals surface area (Å²) in [6.45, 7) is 3.67. The topological polar surface area (TPSA) is 91.2 Å². The maximum absolute atomic E-state index is 17.0. The molecule has 1 aromatic heterocycles. The van der Waals surface area contributed by atoms with Gasteiger partial charge in [-0.3, -0.25) is 4.90 Å². The average molecular weight is 631 g/mol. The number of phenolic OH excluding ortho intramolecular Hbond substituents is 1. The first kappa shape index (κ1) is 29.2. The third-order valence-corrected chi connectivity index (χ3v) is 10.4. The molecule has 4 atom stereocenters. The molecule has 3 saturated heterocycles. The Morgan fingerprint density at radius 1 is 1.11 bits per heavy atom. The van der Waals surface area contributed by atoms with Crippen molar-refractivity contribution in [3.05, 3.63) is 47.5 Å². The second kappa shape index (κ2) is 10.4. The third kappa shape index (κ3) is 4.37. The number of fused-ring (bicyclic) bond motifs is 4. The summed E-state index contributed by atoms with van der Waals surface area (Å²) >= 11 is 0. The second-order valence-electron chi connectivity index (χ2n) is 13.3. The molecule has 0 spiro atoms. The Morgan fingerprint density at radius 2 is 1.93 bits per heavy atom. The number of aromatic nitrogens is 2. The minimum Gasteiger partial charge on any atom is -0.508 e. The molecule has 8 nitrogen and oxygen atoms in total. The van der Waals surface area contributed by atoms with E-state index in [0.29, 0.717) is 48.9 Å². The highest BCUT2D eigenvalue weighted by Crippen LogP contribution is 2.47. The molecule has 8 rings (SSSR count). The predicted molar refractivity (Wildman–Crippen MR) is 167 cm³/mol. The van der Waals surface area contributed by atoms with Crippen LogP contribution in [0, 0.1) is 24.0 Å². The molecule has 5 heterocycles. The van der Waals surface area contributed by atoms with Crippen molar-refractivity contribution in [1.29, 1.82) is 0 Å². The van der Waals surface area contributed by atoms with Gasteiger partial charge in [0.25, 0.3) is 0 Å². The maximum atomic E-state index is 17.0. The highest BCUT2D eigenvalue weighted by Gasteiger charge is 2.50. The number of alkyl halides is 1.